The summed E-state index contributed by atoms with van der Waals surface area (Å²) in [5.74, 6) is -1.32. The van der Waals surface area contributed by atoms with E-state index < -0.39 is 5.97 Å². The molecule has 0 heterocycles. The first kappa shape index (κ1) is 32.3. The van der Waals surface area contributed by atoms with E-state index in [4.69, 9.17) is 10.8 Å². The minimum Gasteiger partial charge on any atom is -0.478 e. The molecule has 0 bridgehead atoms. The molecule has 3 N–H and O–H groups in total. The zero-order chi connectivity index (χ0) is 30.0. The van der Waals surface area contributed by atoms with E-state index in [9.17, 15) is 28.8 Å². The maximum Gasteiger partial charge on any atom is 0.335 e. The van der Waals surface area contributed by atoms with E-state index in [0.29, 0.717) is 33.5 Å². The summed E-state index contributed by atoms with van der Waals surface area (Å²) in [5, 5.41) is 8.70. The van der Waals surface area contributed by atoms with Gasteiger partial charge in [0.05, 0.1) is 5.56 Å². The van der Waals surface area contributed by atoms with Gasteiger partial charge in [-0.25, -0.2) is 4.79 Å². The lowest BCUT2D eigenvalue weighted by Crippen LogP contribution is -2.01. The standard InChI is InChI=1S/C11H12O2.C10H11NO2.C10H10O3/c1-7-4-10(8(2)12)6-11(5-7)9(3)13;1-6(12)8-3-9(7(2)13)5-10(11)4-8;1-6-3-8(7(2)11)5-9(4-6)10(12)13/h4-6H,1-3H3;3-5H,11H2,1-2H3;3-5H,1-2H3,(H,12,13). The maximum atomic E-state index is 11.1. The lowest BCUT2D eigenvalue weighted by Gasteiger charge is -2.01. The lowest BCUT2D eigenvalue weighted by molar-refractivity contribution is 0.0695. The van der Waals surface area contributed by atoms with Crippen molar-refractivity contribution in [2.75, 3.05) is 5.73 Å². The van der Waals surface area contributed by atoms with Gasteiger partial charge < -0.3 is 10.8 Å². The van der Waals surface area contributed by atoms with Gasteiger partial charge in [-0.2, -0.15) is 0 Å². The van der Waals surface area contributed by atoms with Crippen molar-refractivity contribution in [3.05, 3.63) is 99.1 Å². The Morgan fingerprint density at radius 1 is 0.462 bits per heavy atom. The minimum absolute atomic E-state index is 0.00815. The third-order valence-corrected chi connectivity index (χ3v) is 5.39. The number of aromatic carboxylic acids is 1. The van der Waals surface area contributed by atoms with Gasteiger partial charge in [-0.05, 0) is 114 Å². The van der Waals surface area contributed by atoms with Gasteiger partial charge in [-0.3, -0.25) is 24.0 Å². The number of carbonyl (C=O) groups is 6. The Kier molecular flexibility index (Phi) is 11.8. The first-order valence-electron chi connectivity index (χ1n) is 11.9. The number of carboxylic acid groups (broad SMARTS) is 1. The fraction of sp³-hybridized carbons (Fsp3) is 0.226. The van der Waals surface area contributed by atoms with Crippen LogP contribution in [0.1, 0.15) is 108 Å². The van der Waals surface area contributed by atoms with Crippen molar-refractivity contribution in [1.29, 1.82) is 0 Å². The van der Waals surface area contributed by atoms with E-state index in [1.165, 1.54) is 46.8 Å². The summed E-state index contributed by atoms with van der Waals surface area (Å²) >= 11 is 0. The summed E-state index contributed by atoms with van der Waals surface area (Å²) in [5.41, 5.74) is 10.5. The van der Waals surface area contributed by atoms with Crippen LogP contribution in [-0.4, -0.2) is 40.0 Å². The molecule has 0 spiro atoms. The summed E-state index contributed by atoms with van der Waals surface area (Å²) < 4.78 is 0. The van der Waals surface area contributed by atoms with Crippen molar-refractivity contribution in [2.24, 2.45) is 0 Å². The molecule has 0 aliphatic carbocycles. The average Bonchev–Trinajstić information content (AvgIpc) is 2.83. The summed E-state index contributed by atoms with van der Waals surface area (Å²) in [6, 6.07) is 14.5. The summed E-state index contributed by atoms with van der Waals surface area (Å²) in [7, 11) is 0. The molecule has 0 atom stereocenters. The summed E-state index contributed by atoms with van der Waals surface area (Å²) in [6.07, 6.45) is 0. The number of hydrogen-bond donors (Lipinski definition) is 2. The number of Topliss-reactive ketones (excluding diaryl/α,β-unsaturated/α-hetero) is 5. The predicted molar refractivity (Wildman–Crippen MR) is 150 cm³/mol. The van der Waals surface area contributed by atoms with E-state index in [-0.39, 0.29) is 34.5 Å². The molecule has 3 aromatic rings. The van der Waals surface area contributed by atoms with Gasteiger partial charge >= 0.3 is 5.97 Å². The highest BCUT2D eigenvalue weighted by molar-refractivity contribution is 6.01. The molecule has 0 amide bonds. The minimum atomic E-state index is -1.01. The highest BCUT2D eigenvalue weighted by atomic mass is 16.4. The second-order valence-electron chi connectivity index (χ2n) is 9.11. The zero-order valence-electron chi connectivity index (χ0n) is 23.2. The van der Waals surface area contributed by atoms with Crippen LogP contribution in [0.15, 0.2) is 54.6 Å². The van der Waals surface area contributed by atoms with Crippen LogP contribution in [0.4, 0.5) is 5.69 Å². The Morgan fingerprint density at radius 3 is 0.949 bits per heavy atom. The number of nitrogens with two attached hydrogens (primary N) is 1. The van der Waals surface area contributed by atoms with E-state index in [2.05, 4.69) is 0 Å². The number of carbonyl (C=O) groups excluding carboxylic acids is 5. The summed E-state index contributed by atoms with van der Waals surface area (Å²) in [6.45, 7) is 10.9. The molecule has 0 aliphatic rings. The third kappa shape index (κ3) is 10.7. The fourth-order valence-corrected chi connectivity index (χ4v) is 3.36. The Bertz CT molecular complexity index is 1180. The number of rotatable bonds is 6. The van der Waals surface area contributed by atoms with Gasteiger partial charge in [0.2, 0.25) is 0 Å². The molecule has 39 heavy (non-hydrogen) atoms. The number of aryl methyl sites for hydroxylation is 2. The van der Waals surface area contributed by atoms with Gasteiger partial charge in [0.15, 0.2) is 28.9 Å². The molecular formula is C31H33NO7. The smallest absolute Gasteiger partial charge is 0.335 e. The molecule has 0 unspecified atom stereocenters. The second kappa shape index (κ2) is 14.3. The fourth-order valence-electron chi connectivity index (χ4n) is 3.36. The average molecular weight is 532 g/mol. The first-order chi connectivity index (χ1) is 18.0. The molecule has 8 nitrogen and oxygen atoms in total. The van der Waals surface area contributed by atoms with Crippen LogP contribution in [-0.2, 0) is 0 Å². The molecule has 0 saturated heterocycles. The van der Waals surface area contributed by atoms with Crippen LogP contribution in [0.2, 0.25) is 0 Å². The molecule has 0 saturated carbocycles. The summed E-state index contributed by atoms with van der Waals surface area (Å²) in [4.78, 5) is 65.7. The normalized spacial score (nSPS) is 9.72. The van der Waals surface area contributed by atoms with Crippen LogP contribution >= 0.6 is 0 Å². The topological polar surface area (TPSA) is 149 Å². The molecular weight excluding hydrogens is 498 g/mol. The Labute approximate surface area is 227 Å². The van der Waals surface area contributed by atoms with E-state index >= 15 is 0 Å². The molecule has 0 aliphatic heterocycles. The van der Waals surface area contributed by atoms with Crippen molar-refractivity contribution in [1.82, 2.24) is 0 Å². The molecule has 8 heteroatoms. The van der Waals surface area contributed by atoms with Crippen LogP contribution in [0.5, 0.6) is 0 Å². The molecule has 0 fully saturated rings. The van der Waals surface area contributed by atoms with Gasteiger partial charge in [0, 0.05) is 33.5 Å². The van der Waals surface area contributed by atoms with Gasteiger partial charge in [-0.15, -0.1) is 0 Å². The first-order valence-corrected chi connectivity index (χ1v) is 11.9. The van der Waals surface area contributed by atoms with E-state index in [0.717, 1.165) is 11.1 Å². The quantitative estimate of drug-likeness (QED) is 0.292. The molecule has 204 valence electrons. The van der Waals surface area contributed by atoms with Crippen molar-refractivity contribution < 1.29 is 33.9 Å². The van der Waals surface area contributed by atoms with Crippen molar-refractivity contribution >= 4 is 40.6 Å². The van der Waals surface area contributed by atoms with Crippen molar-refractivity contribution in [3.63, 3.8) is 0 Å². The van der Waals surface area contributed by atoms with Crippen molar-refractivity contribution in [3.8, 4) is 0 Å². The molecule has 0 radical (unpaired) electrons. The number of benzene rings is 3. The molecule has 3 rings (SSSR count). The van der Waals surface area contributed by atoms with Crippen LogP contribution in [0, 0.1) is 13.8 Å². The monoisotopic (exact) mass is 531 g/mol. The lowest BCUT2D eigenvalue weighted by atomic mass is 10.0. The Morgan fingerprint density at radius 2 is 0.692 bits per heavy atom. The number of hydrogen-bond acceptors (Lipinski definition) is 7. The Balaban J connectivity index is 0.000000292. The predicted octanol–water partition coefficient (Wildman–Crippen LogP) is 5.97. The van der Waals surface area contributed by atoms with Crippen LogP contribution < -0.4 is 5.73 Å². The van der Waals surface area contributed by atoms with Gasteiger partial charge in [-0.1, -0.05) is 0 Å². The van der Waals surface area contributed by atoms with Crippen LogP contribution in [0.25, 0.3) is 0 Å². The number of carboxylic acids is 1. The Hall–Kier alpha value is -4.72. The largest absolute Gasteiger partial charge is 0.478 e. The van der Waals surface area contributed by atoms with Gasteiger partial charge in [0.1, 0.15) is 0 Å². The van der Waals surface area contributed by atoms with E-state index in [1.54, 1.807) is 49.4 Å². The van der Waals surface area contributed by atoms with E-state index in [1.807, 2.05) is 6.92 Å². The zero-order valence-corrected chi connectivity index (χ0v) is 23.2. The maximum absolute atomic E-state index is 11.1. The SMILES string of the molecule is CC(=O)c1cc(C)cc(C(=O)O)c1.CC(=O)c1cc(C)cc(C(C)=O)c1.CC(=O)c1cc(N)cc(C(C)=O)c1. The number of ketones is 5. The highest BCUT2D eigenvalue weighted by Gasteiger charge is 2.08. The third-order valence-electron chi connectivity index (χ3n) is 5.39. The number of anilines is 1. The number of nitrogen functional groups attached to an aromatic ring is 1. The molecule has 0 aromatic heterocycles. The van der Waals surface area contributed by atoms with Crippen molar-refractivity contribution in [2.45, 2.75) is 48.5 Å². The van der Waals surface area contributed by atoms with Gasteiger partial charge in [0.25, 0.3) is 0 Å². The van der Waals surface area contributed by atoms with Crippen LogP contribution in [0.3, 0.4) is 0 Å². The molecule has 3 aromatic carbocycles. The highest BCUT2D eigenvalue weighted by Crippen LogP contribution is 2.13. The second-order valence-corrected chi connectivity index (χ2v) is 9.11.